The molecule has 2 atom stereocenters. The first-order valence-corrected chi connectivity index (χ1v) is 12.6. The molecule has 0 aromatic heterocycles. The summed E-state index contributed by atoms with van der Waals surface area (Å²) in [6, 6.07) is 22.6. The number of hydrazone groups is 1. The summed E-state index contributed by atoms with van der Waals surface area (Å²) in [6.07, 6.45) is 5.17. The molecule has 1 fully saturated rings. The highest BCUT2D eigenvalue weighted by Gasteiger charge is 2.43. The van der Waals surface area contributed by atoms with Gasteiger partial charge in [0.1, 0.15) is 5.82 Å². The van der Waals surface area contributed by atoms with Gasteiger partial charge in [-0.1, -0.05) is 71.8 Å². The molecule has 0 bridgehead atoms. The number of amides is 1. The van der Waals surface area contributed by atoms with Crippen molar-refractivity contribution in [2.24, 2.45) is 11.0 Å². The first kappa shape index (κ1) is 24.1. The average Bonchev–Trinajstić information content (AvgIpc) is 3.27. The van der Waals surface area contributed by atoms with Crippen LogP contribution >= 0.6 is 12.2 Å². The van der Waals surface area contributed by atoms with Gasteiger partial charge in [-0.3, -0.25) is 10.1 Å². The highest BCUT2D eigenvalue weighted by atomic mass is 32.1. The first-order chi connectivity index (χ1) is 17.4. The van der Waals surface area contributed by atoms with Gasteiger partial charge in [0, 0.05) is 5.92 Å². The third-order valence-corrected chi connectivity index (χ3v) is 7.17. The summed E-state index contributed by atoms with van der Waals surface area (Å²) in [6.45, 7) is 4.13. The highest BCUT2D eigenvalue weighted by Crippen LogP contribution is 2.44. The fourth-order valence-electron chi connectivity index (χ4n) is 5.00. The number of aryl methyl sites for hydroxylation is 2. The second kappa shape index (κ2) is 10.2. The Morgan fingerprint density at radius 2 is 1.69 bits per heavy atom. The van der Waals surface area contributed by atoms with Crippen LogP contribution in [0.1, 0.15) is 57.9 Å². The van der Waals surface area contributed by atoms with E-state index in [2.05, 4.69) is 73.8 Å². The maximum Gasteiger partial charge on any atom is 0.260 e. The Morgan fingerprint density at radius 3 is 2.39 bits per heavy atom. The number of hydrogen-bond donors (Lipinski definition) is 1. The Kier molecular flexibility index (Phi) is 6.79. The van der Waals surface area contributed by atoms with Crippen LogP contribution in [0.15, 0.2) is 83.5 Å². The summed E-state index contributed by atoms with van der Waals surface area (Å²) in [7, 11) is 0. The van der Waals surface area contributed by atoms with Crippen LogP contribution in [-0.4, -0.2) is 21.7 Å². The van der Waals surface area contributed by atoms with Gasteiger partial charge in [-0.05, 0) is 80.2 Å². The van der Waals surface area contributed by atoms with E-state index in [1.807, 2.05) is 0 Å². The molecule has 5 rings (SSSR count). The molecule has 0 spiro atoms. The van der Waals surface area contributed by atoms with Crippen molar-refractivity contribution < 1.29 is 9.18 Å². The molecule has 2 aliphatic rings. The largest absolute Gasteiger partial charge is 0.297 e. The third kappa shape index (κ3) is 4.86. The van der Waals surface area contributed by atoms with E-state index in [1.165, 1.54) is 28.8 Å². The quantitative estimate of drug-likeness (QED) is 0.407. The van der Waals surface area contributed by atoms with E-state index < -0.39 is 11.7 Å². The number of carbonyl (C=O) groups excluding carboxylic acids is 1. The summed E-state index contributed by atoms with van der Waals surface area (Å²) >= 11 is 5.69. The molecule has 182 valence electrons. The molecule has 1 aliphatic heterocycles. The Balaban J connectivity index is 1.50. The fourth-order valence-corrected chi connectivity index (χ4v) is 5.24. The van der Waals surface area contributed by atoms with Gasteiger partial charge in [0.25, 0.3) is 5.91 Å². The molecule has 4 nitrogen and oxygen atoms in total. The van der Waals surface area contributed by atoms with Crippen molar-refractivity contribution in [3.63, 3.8) is 0 Å². The van der Waals surface area contributed by atoms with E-state index in [4.69, 9.17) is 17.3 Å². The molecule has 1 amide bonds. The minimum absolute atomic E-state index is 0.0454. The van der Waals surface area contributed by atoms with Gasteiger partial charge in [0.15, 0.2) is 5.11 Å². The lowest BCUT2D eigenvalue weighted by atomic mass is 9.77. The SMILES string of the molecule is Cc1ccc(C=C2CCCC3C2=NN(C(=S)NC(=O)c2ccccc2F)C3c2ccc(C)cc2)cc1. The lowest BCUT2D eigenvalue weighted by molar-refractivity contribution is 0.0967. The zero-order valence-electron chi connectivity index (χ0n) is 20.4. The second-order valence-corrected chi connectivity index (χ2v) is 9.89. The zero-order valence-corrected chi connectivity index (χ0v) is 21.2. The van der Waals surface area contributed by atoms with Gasteiger partial charge in [-0.2, -0.15) is 5.10 Å². The van der Waals surface area contributed by atoms with Crippen molar-refractivity contribution >= 4 is 35.0 Å². The van der Waals surface area contributed by atoms with Crippen LogP contribution in [0.5, 0.6) is 0 Å². The number of hydrogen-bond acceptors (Lipinski definition) is 3. The Morgan fingerprint density at radius 1 is 1.03 bits per heavy atom. The monoisotopic (exact) mass is 497 g/mol. The predicted molar refractivity (Wildman–Crippen MR) is 146 cm³/mol. The first-order valence-electron chi connectivity index (χ1n) is 12.2. The van der Waals surface area contributed by atoms with Crippen molar-refractivity contribution in [2.45, 2.75) is 39.2 Å². The molecule has 0 radical (unpaired) electrons. The number of benzene rings is 3. The smallest absolute Gasteiger partial charge is 0.260 e. The van der Waals surface area contributed by atoms with Crippen LogP contribution in [0.25, 0.3) is 6.08 Å². The second-order valence-electron chi connectivity index (χ2n) is 9.50. The number of rotatable bonds is 3. The van der Waals surface area contributed by atoms with Crippen molar-refractivity contribution in [1.82, 2.24) is 10.3 Å². The number of halogens is 1. The summed E-state index contributed by atoms with van der Waals surface area (Å²) in [5.74, 6) is -1.02. The summed E-state index contributed by atoms with van der Waals surface area (Å²) in [4.78, 5) is 12.8. The van der Waals surface area contributed by atoms with Crippen LogP contribution in [0.4, 0.5) is 4.39 Å². The van der Waals surface area contributed by atoms with Crippen molar-refractivity contribution in [3.8, 4) is 0 Å². The Labute approximate surface area is 216 Å². The topological polar surface area (TPSA) is 44.7 Å². The van der Waals surface area contributed by atoms with Crippen molar-refractivity contribution in [2.75, 3.05) is 0 Å². The average molecular weight is 498 g/mol. The number of nitrogens with one attached hydrogen (secondary N) is 1. The molecule has 3 aromatic carbocycles. The molecule has 6 heteroatoms. The van der Waals surface area contributed by atoms with Crippen LogP contribution in [-0.2, 0) is 0 Å². The van der Waals surface area contributed by atoms with Gasteiger partial charge in [0.05, 0.1) is 17.3 Å². The van der Waals surface area contributed by atoms with Crippen LogP contribution < -0.4 is 5.32 Å². The lowest BCUT2D eigenvalue weighted by Crippen LogP contribution is -2.41. The third-order valence-electron chi connectivity index (χ3n) is 6.89. The number of fused-ring (bicyclic) bond motifs is 1. The fraction of sp³-hybridized carbons (Fsp3) is 0.233. The van der Waals surface area contributed by atoms with Gasteiger partial charge in [-0.25, -0.2) is 9.40 Å². The van der Waals surface area contributed by atoms with E-state index in [-0.39, 0.29) is 22.6 Å². The van der Waals surface area contributed by atoms with E-state index in [9.17, 15) is 9.18 Å². The number of nitrogens with zero attached hydrogens (tertiary/aromatic N) is 2. The van der Waals surface area contributed by atoms with Crippen LogP contribution in [0, 0.1) is 25.6 Å². The standard InChI is InChI=1S/C30H28FN3OS/c1-19-10-14-21(15-11-19)18-23-6-5-8-25-27(23)33-34(28(25)22-16-12-20(2)13-17-22)30(36)32-29(35)24-7-3-4-9-26(24)31/h3-4,7,9-18,25,28H,5-6,8H2,1-2H3,(H,32,35,36). The molecule has 3 aromatic rings. The zero-order chi connectivity index (χ0) is 25.2. The van der Waals surface area contributed by atoms with Gasteiger partial charge in [-0.15, -0.1) is 0 Å². The molecular formula is C30H28FN3OS. The van der Waals surface area contributed by atoms with Crippen molar-refractivity contribution in [3.05, 3.63) is 112 Å². The minimum Gasteiger partial charge on any atom is -0.297 e. The summed E-state index contributed by atoms with van der Waals surface area (Å²) in [5, 5.41) is 9.62. The number of allylic oxidation sites excluding steroid dienone is 1. The number of thiocarbonyl (C=S) groups is 1. The molecule has 36 heavy (non-hydrogen) atoms. The van der Waals surface area contributed by atoms with Crippen LogP contribution in [0.3, 0.4) is 0 Å². The van der Waals surface area contributed by atoms with Gasteiger partial charge in [0.2, 0.25) is 0 Å². The molecular weight excluding hydrogens is 469 g/mol. The molecule has 2 unspecified atom stereocenters. The number of carbonyl (C=O) groups is 1. The van der Waals surface area contributed by atoms with Crippen molar-refractivity contribution in [1.29, 1.82) is 0 Å². The van der Waals surface area contributed by atoms with Gasteiger partial charge >= 0.3 is 0 Å². The summed E-state index contributed by atoms with van der Waals surface area (Å²) < 4.78 is 14.2. The van der Waals surface area contributed by atoms with Gasteiger partial charge < -0.3 is 0 Å². The highest BCUT2D eigenvalue weighted by molar-refractivity contribution is 7.80. The predicted octanol–water partition coefficient (Wildman–Crippen LogP) is 6.75. The summed E-state index contributed by atoms with van der Waals surface area (Å²) in [5.41, 5.74) is 6.77. The molecule has 1 aliphatic carbocycles. The van der Waals surface area contributed by atoms with Crippen LogP contribution in [0.2, 0.25) is 0 Å². The normalized spacial score (nSPS) is 20.1. The van der Waals surface area contributed by atoms with E-state index >= 15 is 0 Å². The van der Waals surface area contributed by atoms with E-state index in [1.54, 1.807) is 17.1 Å². The van der Waals surface area contributed by atoms with E-state index in [0.717, 1.165) is 36.1 Å². The Hall–Kier alpha value is -3.64. The molecule has 0 saturated heterocycles. The lowest BCUT2D eigenvalue weighted by Gasteiger charge is -2.30. The Bertz CT molecular complexity index is 1360. The van der Waals surface area contributed by atoms with E-state index in [0.29, 0.717) is 0 Å². The minimum atomic E-state index is -0.586. The maximum absolute atomic E-state index is 14.2. The maximum atomic E-state index is 14.2. The molecule has 1 heterocycles. The molecule has 1 N–H and O–H groups in total. The molecule has 1 saturated carbocycles.